The van der Waals surface area contributed by atoms with Crippen LogP contribution in [0.4, 0.5) is 0 Å². The summed E-state index contributed by atoms with van der Waals surface area (Å²) < 4.78 is 11.3. The van der Waals surface area contributed by atoms with E-state index in [-0.39, 0.29) is 18.3 Å². The molecule has 0 aromatic heterocycles. The van der Waals surface area contributed by atoms with Gasteiger partial charge in [-0.3, -0.25) is 0 Å². The zero-order chi connectivity index (χ0) is 7.42. The highest BCUT2D eigenvalue weighted by molar-refractivity contribution is 4.98. The third kappa shape index (κ3) is 0.789. The second kappa shape index (κ2) is 1.97. The Kier molecular flexibility index (Phi) is 1.15. The molecule has 1 unspecified atom stereocenters. The molecule has 0 aromatic rings. The molecule has 62 valence electrons. The minimum Gasteiger partial charge on any atom is -0.390 e. The largest absolute Gasteiger partial charge is 0.390 e. The molecular formula is C8H12O3. The first-order valence-electron chi connectivity index (χ1n) is 4.32. The smallest absolute Gasteiger partial charge is 0.0867 e. The predicted molar refractivity (Wildman–Crippen MR) is 37.2 cm³/mol. The topological polar surface area (TPSA) is 38.7 Å². The molecule has 4 fully saturated rings. The van der Waals surface area contributed by atoms with E-state index in [1.54, 1.807) is 0 Å². The van der Waals surface area contributed by atoms with Gasteiger partial charge in [-0.05, 0) is 0 Å². The summed E-state index contributed by atoms with van der Waals surface area (Å²) in [6, 6.07) is 0. The summed E-state index contributed by atoms with van der Waals surface area (Å²) in [7, 11) is 0. The van der Waals surface area contributed by atoms with E-state index in [0.29, 0.717) is 12.2 Å². The standard InChI is InChI=1S/C8H12O3/c9-5-1-4-2-7-8(10-4)3-6(5)11-7/h4-9H,1-3H2/t4-,5?,6+,7+,8+/m0/s1. The third-order valence-electron chi connectivity index (χ3n) is 3.02. The molecule has 0 aromatic carbocycles. The van der Waals surface area contributed by atoms with Crippen molar-refractivity contribution in [3.8, 4) is 0 Å². The third-order valence-corrected chi connectivity index (χ3v) is 3.02. The van der Waals surface area contributed by atoms with Crippen molar-refractivity contribution >= 4 is 0 Å². The molecule has 4 rings (SSSR count). The number of hydrogen-bond donors (Lipinski definition) is 1. The molecule has 4 aliphatic rings. The lowest BCUT2D eigenvalue weighted by molar-refractivity contribution is -0.0460. The van der Waals surface area contributed by atoms with Crippen molar-refractivity contribution in [3.63, 3.8) is 0 Å². The minimum atomic E-state index is -0.280. The quantitative estimate of drug-likeness (QED) is 0.539. The van der Waals surface area contributed by atoms with Crippen LogP contribution in [0.25, 0.3) is 0 Å². The first-order valence-corrected chi connectivity index (χ1v) is 4.32. The highest BCUT2D eigenvalue weighted by Crippen LogP contribution is 2.41. The highest BCUT2D eigenvalue weighted by atomic mass is 16.6. The molecule has 5 atom stereocenters. The van der Waals surface area contributed by atoms with Crippen LogP contribution in [0.3, 0.4) is 0 Å². The Morgan fingerprint density at radius 2 is 1.73 bits per heavy atom. The Balaban J connectivity index is 1.95. The van der Waals surface area contributed by atoms with E-state index >= 15 is 0 Å². The summed E-state index contributed by atoms with van der Waals surface area (Å²) in [6.45, 7) is 0. The molecule has 4 aliphatic heterocycles. The van der Waals surface area contributed by atoms with Crippen LogP contribution in [0.15, 0.2) is 0 Å². The molecular weight excluding hydrogens is 144 g/mol. The molecule has 1 N–H and O–H groups in total. The first kappa shape index (κ1) is 6.40. The van der Waals surface area contributed by atoms with Crippen LogP contribution >= 0.6 is 0 Å². The SMILES string of the molecule is OC1C[C@H]2C[C@H]3O[C@@H]1C[C@H]3O2. The maximum Gasteiger partial charge on any atom is 0.0867 e. The van der Waals surface area contributed by atoms with Gasteiger partial charge in [0, 0.05) is 19.3 Å². The Morgan fingerprint density at radius 3 is 2.55 bits per heavy atom. The van der Waals surface area contributed by atoms with Crippen LogP contribution in [0.1, 0.15) is 19.3 Å². The monoisotopic (exact) mass is 156 g/mol. The van der Waals surface area contributed by atoms with Crippen LogP contribution in [-0.4, -0.2) is 35.6 Å². The molecule has 0 spiro atoms. The summed E-state index contributed by atoms with van der Waals surface area (Å²) in [6.07, 6.45) is 3.32. The number of fused-ring (bicyclic) bond motifs is 1. The summed E-state index contributed by atoms with van der Waals surface area (Å²) in [4.78, 5) is 0. The van der Waals surface area contributed by atoms with Crippen LogP contribution < -0.4 is 0 Å². The molecule has 11 heavy (non-hydrogen) atoms. The average molecular weight is 156 g/mol. The zero-order valence-corrected chi connectivity index (χ0v) is 6.27. The lowest BCUT2D eigenvalue weighted by atomic mass is 9.99. The van der Waals surface area contributed by atoms with Gasteiger partial charge in [0.1, 0.15) is 0 Å². The van der Waals surface area contributed by atoms with Crippen molar-refractivity contribution < 1.29 is 14.6 Å². The lowest BCUT2D eigenvalue weighted by Crippen LogP contribution is -2.25. The summed E-state index contributed by atoms with van der Waals surface area (Å²) in [5, 5.41) is 9.57. The van der Waals surface area contributed by atoms with Crippen LogP contribution in [0.5, 0.6) is 0 Å². The van der Waals surface area contributed by atoms with E-state index in [1.165, 1.54) is 0 Å². The van der Waals surface area contributed by atoms with Gasteiger partial charge in [-0.25, -0.2) is 0 Å². The molecule has 0 radical (unpaired) electrons. The normalized spacial score (nSPS) is 60.3. The molecule has 4 bridgehead atoms. The van der Waals surface area contributed by atoms with Gasteiger partial charge in [0.2, 0.25) is 0 Å². The molecule has 0 saturated carbocycles. The average Bonchev–Trinajstić information content (AvgIpc) is 2.33. The number of hydrogen-bond acceptors (Lipinski definition) is 3. The van der Waals surface area contributed by atoms with E-state index in [4.69, 9.17) is 9.47 Å². The van der Waals surface area contributed by atoms with Gasteiger partial charge in [0.15, 0.2) is 0 Å². The second-order valence-electron chi connectivity index (χ2n) is 3.78. The Hall–Kier alpha value is -0.120. The fourth-order valence-corrected chi connectivity index (χ4v) is 2.48. The fraction of sp³-hybridized carbons (Fsp3) is 1.00. The second-order valence-corrected chi connectivity index (χ2v) is 3.78. The van der Waals surface area contributed by atoms with Gasteiger partial charge in [-0.1, -0.05) is 0 Å². The predicted octanol–water partition coefficient (Wildman–Crippen LogP) is 0.0660. The van der Waals surface area contributed by atoms with Crippen molar-refractivity contribution in [2.75, 3.05) is 0 Å². The summed E-state index contributed by atoms with van der Waals surface area (Å²) >= 11 is 0. The molecule has 3 heteroatoms. The van der Waals surface area contributed by atoms with Crippen LogP contribution in [0, 0.1) is 0 Å². The maximum absolute atomic E-state index is 9.57. The van der Waals surface area contributed by atoms with Gasteiger partial charge in [-0.2, -0.15) is 0 Å². The molecule has 0 aliphatic carbocycles. The summed E-state index contributed by atoms with van der Waals surface area (Å²) in [5.41, 5.74) is 0. The van der Waals surface area contributed by atoms with Crippen LogP contribution in [0.2, 0.25) is 0 Å². The van der Waals surface area contributed by atoms with Crippen molar-refractivity contribution in [2.24, 2.45) is 0 Å². The van der Waals surface area contributed by atoms with Crippen molar-refractivity contribution in [1.29, 1.82) is 0 Å². The van der Waals surface area contributed by atoms with Crippen molar-refractivity contribution in [3.05, 3.63) is 0 Å². The molecule has 4 saturated heterocycles. The van der Waals surface area contributed by atoms with Gasteiger partial charge in [-0.15, -0.1) is 0 Å². The van der Waals surface area contributed by atoms with E-state index in [9.17, 15) is 5.11 Å². The van der Waals surface area contributed by atoms with Crippen molar-refractivity contribution in [1.82, 2.24) is 0 Å². The van der Waals surface area contributed by atoms with E-state index in [1.807, 2.05) is 0 Å². The number of aliphatic hydroxyl groups excluding tert-OH is 1. The maximum atomic E-state index is 9.57. The fourth-order valence-electron chi connectivity index (χ4n) is 2.48. The zero-order valence-electron chi connectivity index (χ0n) is 6.27. The van der Waals surface area contributed by atoms with Gasteiger partial charge in [0.25, 0.3) is 0 Å². The number of rotatable bonds is 0. The lowest BCUT2D eigenvalue weighted by Gasteiger charge is -2.15. The highest BCUT2D eigenvalue weighted by Gasteiger charge is 2.50. The first-order chi connectivity index (χ1) is 5.33. The van der Waals surface area contributed by atoms with Gasteiger partial charge < -0.3 is 14.6 Å². The van der Waals surface area contributed by atoms with Gasteiger partial charge >= 0.3 is 0 Å². The Bertz CT molecular complexity index is 168. The Morgan fingerprint density at radius 1 is 0.909 bits per heavy atom. The molecule has 0 amide bonds. The Labute approximate surface area is 65.3 Å². The van der Waals surface area contributed by atoms with E-state index < -0.39 is 0 Å². The van der Waals surface area contributed by atoms with E-state index in [0.717, 1.165) is 19.3 Å². The number of ether oxygens (including phenoxy) is 2. The van der Waals surface area contributed by atoms with Crippen molar-refractivity contribution in [2.45, 2.75) is 49.8 Å². The van der Waals surface area contributed by atoms with Crippen LogP contribution in [-0.2, 0) is 9.47 Å². The minimum absolute atomic E-state index is 0.0671. The summed E-state index contributed by atoms with van der Waals surface area (Å²) in [5.74, 6) is 0. The molecule has 4 heterocycles. The van der Waals surface area contributed by atoms with Gasteiger partial charge in [0.05, 0.1) is 30.5 Å². The molecule has 3 nitrogen and oxygen atoms in total. The van der Waals surface area contributed by atoms with E-state index in [2.05, 4.69) is 0 Å². The number of aliphatic hydroxyl groups is 1.